The molecule has 0 bridgehead atoms. The monoisotopic (exact) mass is 387 g/mol. The van der Waals surface area contributed by atoms with Crippen LogP contribution < -0.4 is 5.73 Å². The molecule has 1 unspecified atom stereocenters. The fourth-order valence-corrected chi connectivity index (χ4v) is 1.98. The molecule has 1 rings (SSSR count). The van der Waals surface area contributed by atoms with Crippen molar-refractivity contribution >= 4 is 18.3 Å². The molecule has 0 aliphatic heterocycles. The summed E-state index contributed by atoms with van der Waals surface area (Å²) in [6, 6.07) is 6.48. The van der Waals surface area contributed by atoms with Crippen molar-refractivity contribution in [3.8, 4) is 0 Å². The van der Waals surface area contributed by atoms with Gasteiger partial charge >= 0.3 is 5.97 Å². The molecule has 0 fully saturated rings. The average Bonchev–Trinajstić information content (AvgIpc) is 2.56. The largest absolute Gasteiger partial charge is 0.368 e. The van der Waals surface area contributed by atoms with Crippen LogP contribution in [-0.2, 0) is 42.9 Å². The first-order valence-electron chi connectivity index (χ1n) is 7.38. The van der Waals surface area contributed by atoms with Gasteiger partial charge in [0.15, 0.2) is 0 Å². The molecule has 1 atom stereocenters. The topological polar surface area (TPSA) is 110 Å². The van der Waals surface area contributed by atoms with E-state index in [9.17, 15) is 14.4 Å². The fraction of sp³-hybridized carbons (Fsp3) is 0.438. The molecule has 0 aliphatic rings. The molecule has 1 aromatic carbocycles. The van der Waals surface area contributed by atoms with Crippen LogP contribution in [0.2, 0.25) is 0 Å². The van der Waals surface area contributed by atoms with Crippen LogP contribution in [-0.4, -0.2) is 34.5 Å². The van der Waals surface area contributed by atoms with Gasteiger partial charge < -0.3 is 15.5 Å². The minimum atomic E-state index is -0.943. The van der Waals surface area contributed by atoms with Gasteiger partial charge in [-0.15, -0.1) is 0 Å². The molecular formula is C16H24CuN2O5. The van der Waals surface area contributed by atoms with E-state index in [1.807, 2.05) is 45.0 Å². The van der Waals surface area contributed by atoms with Crippen molar-refractivity contribution in [2.75, 3.05) is 0 Å². The van der Waals surface area contributed by atoms with E-state index >= 15 is 0 Å². The van der Waals surface area contributed by atoms with Gasteiger partial charge in [-0.25, -0.2) is 4.79 Å². The molecule has 1 radical (unpaired) electrons. The van der Waals surface area contributed by atoms with E-state index in [1.165, 1.54) is 4.90 Å². The van der Waals surface area contributed by atoms with Crippen LogP contribution in [0, 0.1) is 6.92 Å². The number of rotatable bonds is 8. The third-order valence-electron chi connectivity index (χ3n) is 3.20. The average molecular weight is 388 g/mol. The normalized spacial score (nSPS) is 10.3. The number of amides is 2. The molecule has 0 saturated heterocycles. The molecule has 0 heterocycles. The Labute approximate surface area is 152 Å². The van der Waals surface area contributed by atoms with Gasteiger partial charge in [0.1, 0.15) is 6.04 Å². The molecule has 0 aliphatic carbocycles. The Morgan fingerprint density at radius 1 is 1.33 bits per heavy atom. The Kier molecular flexibility index (Phi) is 13.7. The summed E-state index contributed by atoms with van der Waals surface area (Å²) in [6.07, 6.45) is 0.285. The zero-order valence-corrected chi connectivity index (χ0v) is 14.9. The standard InChI is InChI=1S/C14H18N2O5.C2H6.Cu/c1-10-4-2-3-5-11(10)8-16(9-17)12(14(15)19)6-7-13(18)21-20;1-2;/h2-5,9,12,20H,6-8H2,1H3,(H2,15,19);1-2H3;. The van der Waals surface area contributed by atoms with Gasteiger partial charge in [0.2, 0.25) is 12.3 Å². The van der Waals surface area contributed by atoms with Crippen LogP contribution >= 0.6 is 0 Å². The first-order chi connectivity index (χ1) is 11.0. The maximum atomic E-state index is 11.5. The predicted molar refractivity (Wildman–Crippen MR) is 85.1 cm³/mol. The smallest absolute Gasteiger partial charge is 0.342 e. The summed E-state index contributed by atoms with van der Waals surface area (Å²) in [5, 5.41) is 8.20. The van der Waals surface area contributed by atoms with E-state index in [2.05, 4.69) is 4.89 Å². The molecule has 8 heteroatoms. The summed E-state index contributed by atoms with van der Waals surface area (Å²) in [4.78, 5) is 38.4. The van der Waals surface area contributed by atoms with Gasteiger partial charge in [0.05, 0.1) is 6.42 Å². The number of aryl methyl sites for hydroxylation is 1. The number of hydrogen-bond acceptors (Lipinski definition) is 5. The van der Waals surface area contributed by atoms with Crippen molar-refractivity contribution in [2.45, 2.75) is 46.2 Å². The Morgan fingerprint density at radius 3 is 2.38 bits per heavy atom. The zero-order chi connectivity index (χ0) is 17.8. The second-order valence-corrected chi connectivity index (χ2v) is 4.62. The molecule has 0 spiro atoms. The van der Waals surface area contributed by atoms with E-state index in [0.717, 1.165) is 11.1 Å². The quantitative estimate of drug-likeness (QED) is 0.305. The summed E-state index contributed by atoms with van der Waals surface area (Å²) in [7, 11) is 0. The van der Waals surface area contributed by atoms with Crippen molar-refractivity contribution in [3.05, 3.63) is 35.4 Å². The minimum Gasteiger partial charge on any atom is -0.368 e. The van der Waals surface area contributed by atoms with Gasteiger partial charge in [0.25, 0.3) is 0 Å². The van der Waals surface area contributed by atoms with Gasteiger partial charge in [-0.3, -0.25) is 9.59 Å². The third-order valence-corrected chi connectivity index (χ3v) is 3.20. The van der Waals surface area contributed by atoms with Crippen LogP contribution in [0.25, 0.3) is 0 Å². The van der Waals surface area contributed by atoms with Crippen molar-refractivity contribution < 1.29 is 41.6 Å². The van der Waals surface area contributed by atoms with E-state index in [4.69, 9.17) is 11.0 Å². The SMILES string of the molecule is CC.Cc1ccccc1CN(C=O)C(CCC(=O)OO)C(N)=O.[Cu]. The van der Waals surface area contributed by atoms with Crippen molar-refractivity contribution in [3.63, 3.8) is 0 Å². The van der Waals surface area contributed by atoms with E-state index in [-0.39, 0.29) is 36.5 Å². The van der Waals surface area contributed by atoms with Crippen LogP contribution in [0.5, 0.6) is 0 Å². The van der Waals surface area contributed by atoms with Crippen molar-refractivity contribution in [1.82, 2.24) is 4.90 Å². The van der Waals surface area contributed by atoms with Crippen LogP contribution in [0.1, 0.15) is 37.8 Å². The van der Waals surface area contributed by atoms with E-state index in [1.54, 1.807) is 0 Å². The van der Waals surface area contributed by atoms with Crippen molar-refractivity contribution in [2.24, 2.45) is 5.73 Å². The number of benzene rings is 1. The van der Waals surface area contributed by atoms with Gasteiger partial charge in [-0.1, -0.05) is 38.1 Å². The summed E-state index contributed by atoms with van der Waals surface area (Å²) >= 11 is 0. The summed E-state index contributed by atoms with van der Waals surface area (Å²) in [5.41, 5.74) is 7.13. The number of carbonyl (C=O) groups excluding carboxylic acids is 3. The fourth-order valence-electron chi connectivity index (χ4n) is 1.98. The Balaban J connectivity index is 0. The molecule has 7 nitrogen and oxygen atoms in total. The number of primary amides is 1. The summed E-state index contributed by atoms with van der Waals surface area (Å²) < 4.78 is 0. The number of hydrogen-bond donors (Lipinski definition) is 2. The minimum absolute atomic E-state index is 0. The second-order valence-electron chi connectivity index (χ2n) is 4.62. The molecule has 1 aromatic rings. The second kappa shape index (κ2) is 13.5. The van der Waals surface area contributed by atoms with Gasteiger partial charge in [-0.05, 0) is 24.5 Å². The maximum Gasteiger partial charge on any atom is 0.342 e. The number of nitrogens with zero attached hydrogens (tertiary/aromatic N) is 1. The Bertz CT molecular complexity index is 525. The Morgan fingerprint density at radius 2 is 1.92 bits per heavy atom. The van der Waals surface area contributed by atoms with Crippen LogP contribution in [0.15, 0.2) is 24.3 Å². The maximum absolute atomic E-state index is 11.5. The molecule has 0 saturated carbocycles. The van der Waals surface area contributed by atoms with Crippen molar-refractivity contribution in [1.29, 1.82) is 0 Å². The summed E-state index contributed by atoms with van der Waals surface area (Å²) in [5.74, 6) is -1.61. The van der Waals surface area contributed by atoms with Crippen LogP contribution in [0.3, 0.4) is 0 Å². The molecule has 0 aromatic heterocycles. The van der Waals surface area contributed by atoms with Gasteiger partial charge in [-0.2, -0.15) is 5.26 Å². The first-order valence-corrected chi connectivity index (χ1v) is 7.38. The Hall–Kier alpha value is -1.89. The third kappa shape index (κ3) is 8.10. The van der Waals surface area contributed by atoms with Gasteiger partial charge in [0, 0.05) is 23.6 Å². The van der Waals surface area contributed by atoms with E-state index < -0.39 is 17.9 Å². The number of carbonyl (C=O) groups is 3. The summed E-state index contributed by atoms with van der Waals surface area (Å²) in [6.45, 7) is 6.10. The predicted octanol–water partition coefficient (Wildman–Crippen LogP) is 1.63. The molecular weight excluding hydrogens is 364 g/mol. The van der Waals surface area contributed by atoms with Crippen LogP contribution in [0.4, 0.5) is 0 Å². The molecule has 2 amide bonds. The molecule has 24 heavy (non-hydrogen) atoms. The zero-order valence-electron chi connectivity index (χ0n) is 14.0. The van der Waals surface area contributed by atoms with E-state index in [0.29, 0.717) is 6.41 Å². The molecule has 3 N–H and O–H groups in total. The first kappa shape index (κ1) is 24.4. The molecule has 139 valence electrons. The number of nitrogens with two attached hydrogens (primary N) is 1.